The van der Waals surface area contributed by atoms with Crippen LogP contribution in [0.25, 0.3) is 133 Å². The predicted octanol–water partition coefficient (Wildman–Crippen LogP) is 29.5. The molecule has 21 rings (SSSR count). The maximum atomic E-state index is 2.44. The molecule has 4 heteroatoms. The fourth-order valence-electron chi connectivity index (χ4n) is 17.9. The fraction of sp³-hybridized carbons (Fsp3) is 0.0556. The molecule has 0 unspecified atom stereocenters. The van der Waals surface area contributed by atoms with Gasteiger partial charge in [0.2, 0.25) is 0 Å². The topological polar surface area (TPSA) is 16.3 Å². The molecule has 2 heterocycles. The van der Waals surface area contributed by atoms with Crippen molar-refractivity contribution in [2.45, 2.75) is 38.5 Å². The maximum absolute atomic E-state index is 2.44. The number of nitrogens with zero attached hydrogens (tertiary/aromatic N) is 4. The van der Waals surface area contributed by atoms with E-state index in [4.69, 9.17) is 0 Å². The molecule has 0 spiro atoms. The first-order chi connectivity index (χ1) is 55.1. The number of aromatic nitrogens is 2. The monoisotopic (exact) mass is 1430 g/mol. The molecule has 2 aromatic heterocycles. The summed E-state index contributed by atoms with van der Waals surface area (Å²) in [5.41, 5.74) is 36.6. The van der Waals surface area contributed by atoms with E-state index in [2.05, 4.69) is 459 Å². The Morgan fingerprint density at radius 1 is 0.179 bits per heavy atom. The molecule has 0 atom stereocenters. The van der Waals surface area contributed by atoms with E-state index < -0.39 is 0 Å². The molecule has 532 valence electrons. The molecule has 17 aromatic carbocycles. The Morgan fingerprint density at radius 3 is 0.777 bits per heavy atom. The lowest BCUT2D eigenvalue weighted by Crippen LogP contribution is -2.16. The Labute approximate surface area is 654 Å². The van der Waals surface area contributed by atoms with Gasteiger partial charge in [-0.15, -0.1) is 0 Å². The van der Waals surface area contributed by atoms with Crippen molar-refractivity contribution in [3.63, 3.8) is 0 Å². The zero-order chi connectivity index (χ0) is 75.0. The van der Waals surface area contributed by atoms with Gasteiger partial charge in [-0.1, -0.05) is 295 Å². The molecule has 19 aromatic rings. The average molecular weight is 1430 g/mol. The quantitative estimate of drug-likeness (QED) is 0.114. The zero-order valence-electron chi connectivity index (χ0n) is 63.0. The van der Waals surface area contributed by atoms with Crippen LogP contribution in [0.2, 0.25) is 0 Å². The van der Waals surface area contributed by atoms with Crippen molar-refractivity contribution < 1.29 is 0 Å². The Morgan fingerprint density at radius 2 is 0.420 bits per heavy atom. The van der Waals surface area contributed by atoms with Crippen molar-refractivity contribution in [3.8, 4) is 89.3 Å². The van der Waals surface area contributed by atoms with Crippen LogP contribution in [-0.2, 0) is 10.8 Å². The molecule has 0 saturated heterocycles. The predicted molar refractivity (Wildman–Crippen MR) is 473 cm³/mol. The third-order valence-electron chi connectivity index (χ3n) is 23.6. The van der Waals surface area contributed by atoms with E-state index in [0.29, 0.717) is 0 Å². The Bertz CT molecular complexity index is 6660. The van der Waals surface area contributed by atoms with Crippen molar-refractivity contribution in [1.29, 1.82) is 0 Å². The highest BCUT2D eigenvalue weighted by Crippen LogP contribution is 2.55. The van der Waals surface area contributed by atoms with Gasteiger partial charge in [0.25, 0.3) is 0 Å². The second-order valence-electron chi connectivity index (χ2n) is 30.8. The molecule has 0 N–H and O–H groups in total. The summed E-state index contributed by atoms with van der Waals surface area (Å²) in [5.74, 6) is 0. The van der Waals surface area contributed by atoms with Crippen molar-refractivity contribution in [2.75, 3.05) is 9.80 Å². The summed E-state index contributed by atoms with van der Waals surface area (Å²) in [6, 6.07) is 150. The highest BCUT2D eigenvalue weighted by atomic mass is 15.1. The normalized spacial score (nSPS) is 12.8. The number of fused-ring (bicyclic) bond motifs is 12. The van der Waals surface area contributed by atoms with Gasteiger partial charge in [0.1, 0.15) is 0 Å². The van der Waals surface area contributed by atoms with E-state index in [9.17, 15) is 0 Å². The van der Waals surface area contributed by atoms with Crippen LogP contribution >= 0.6 is 0 Å². The average Bonchev–Trinajstić information content (AvgIpc) is 1.57. The van der Waals surface area contributed by atoms with Crippen LogP contribution in [0, 0.1) is 0 Å². The molecule has 0 saturated carbocycles. The molecule has 0 aliphatic heterocycles. The summed E-state index contributed by atoms with van der Waals surface area (Å²) in [7, 11) is 0. The summed E-state index contributed by atoms with van der Waals surface area (Å²) in [6.07, 6.45) is 0. The number of benzene rings is 17. The van der Waals surface area contributed by atoms with Gasteiger partial charge < -0.3 is 18.9 Å². The van der Waals surface area contributed by atoms with Crippen LogP contribution in [-0.4, -0.2) is 9.13 Å². The first-order valence-corrected chi connectivity index (χ1v) is 38.9. The SMILES string of the molecule is CC1(C)c2cc(-c3ccc4c(c3)c3ccccc3n4-c3ccccc3)ccc2-c2ccc(N(c3ccc(-c4ccccc4)cc3)c3ccc(-c4ccccc4)cc3)cc21.CC1(C)c2cc(-c3ccc4c(c3)c3ccccc3n4-c3ccccc3)ccc2-c2ccc(N(c3ccccc3)c3ccc(-c4ccccc4)cc3)cc21. The summed E-state index contributed by atoms with van der Waals surface area (Å²) < 4.78 is 4.76. The molecule has 0 bridgehead atoms. The van der Waals surface area contributed by atoms with E-state index in [0.717, 1.165) is 34.1 Å². The van der Waals surface area contributed by atoms with Gasteiger partial charge in [0.15, 0.2) is 0 Å². The highest BCUT2D eigenvalue weighted by Gasteiger charge is 2.38. The second kappa shape index (κ2) is 27.6. The standard InChI is InChI=1S/C57H42N2.C51H38N2/c1-57(2)53-37-44(43-27-35-56-52(36-43)51-20-12-13-21-55(51)59(56)45-18-10-5-11-19-45)26-33-49(53)50-34-32-48(38-54(50)57)58(46-28-22-41(23-29-46)39-14-6-3-7-15-39)47-30-24-42(25-31-47)40-16-8-4-9-17-40;1-51(2)47-33-38(37-25-31-50-46(32-37)45-20-12-13-21-49(45)53(50)40-18-10-5-11-19-40)24-29-43(47)44-30-28-42(34-48(44)51)52(39-16-8-4-9-17-39)41-26-22-36(23-27-41)35-14-6-3-7-15-35/h3-38H,1-2H3;3-34H,1-2H3. The smallest absolute Gasteiger partial charge is 0.0541 e. The number of para-hydroxylation sites is 5. The Kier molecular flexibility index (Phi) is 16.6. The van der Waals surface area contributed by atoms with Gasteiger partial charge in [-0.2, -0.15) is 0 Å². The van der Waals surface area contributed by atoms with Gasteiger partial charge in [0, 0.05) is 77.9 Å². The number of rotatable bonds is 13. The Balaban J connectivity index is 0.000000147. The first-order valence-electron chi connectivity index (χ1n) is 38.9. The molecule has 0 amide bonds. The summed E-state index contributed by atoms with van der Waals surface area (Å²) in [5, 5.41) is 5.08. The molecule has 0 fully saturated rings. The van der Waals surface area contributed by atoms with Gasteiger partial charge in [-0.25, -0.2) is 0 Å². The molecular formula is C108H80N4. The van der Waals surface area contributed by atoms with Crippen LogP contribution in [0.3, 0.4) is 0 Å². The molecule has 2 aliphatic carbocycles. The number of anilines is 6. The van der Waals surface area contributed by atoms with Crippen molar-refractivity contribution in [3.05, 3.63) is 435 Å². The molecule has 112 heavy (non-hydrogen) atoms. The van der Waals surface area contributed by atoms with Gasteiger partial charge >= 0.3 is 0 Å². The van der Waals surface area contributed by atoms with Crippen LogP contribution < -0.4 is 9.80 Å². The van der Waals surface area contributed by atoms with Crippen molar-refractivity contribution in [1.82, 2.24) is 9.13 Å². The van der Waals surface area contributed by atoms with E-state index >= 15 is 0 Å². The largest absolute Gasteiger partial charge is 0.310 e. The Hall–Kier alpha value is -14.1. The van der Waals surface area contributed by atoms with Crippen LogP contribution in [0.5, 0.6) is 0 Å². The maximum Gasteiger partial charge on any atom is 0.0541 e. The van der Waals surface area contributed by atoms with E-state index in [1.54, 1.807) is 0 Å². The lowest BCUT2D eigenvalue weighted by Gasteiger charge is -2.28. The number of hydrogen-bond acceptors (Lipinski definition) is 2. The second-order valence-corrected chi connectivity index (χ2v) is 30.8. The molecular weight excluding hydrogens is 1350 g/mol. The van der Waals surface area contributed by atoms with Gasteiger partial charge in [-0.05, 0) is 246 Å². The van der Waals surface area contributed by atoms with Gasteiger partial charge in [0.05, 0.1) is 22.1 Å². The molecule has 0 radical (unpaired) electrons. The van der Waals surface area contributed by atoms with Crippen LogP contribution in [0.1, 0.15) is 49.9 Å². The third kappa shape index (κ3) is 11.7. The van der Waals surface area contributed by atoms with Gasteiger partial charge in [-0.3, -0.25) is 0 Å². The van der Waals surface area contributed by atoms with Crippen LogP contribution in [0.4, 0.5) is 34.1 Å². The summed E-state index contributed by atoms with van der Waals surface area (Å²) in [6.45, 7) is 9.53. The van der Waals surface area contributed by atoms with Crippen LogP contribution in [0.15, 0.2) is 413 Å². The minimum Gasteiger partial charge on any atom is -0.310 e. The summed E-state index contributed by atoms with van der Waals surface area (Å²) in [4.78, 5) is 4.77. The highest BCUT2D eigenvalue weighted by molar-refractivity contribution is 6.12. The fourth-order valence-corrected chi connectivity index (χ4v) is 17.9. The lowest BCUT2D eigenvalue weighted by molar-refractivity contribution is 0.660. The molecule has 4 nitrogen and oxygen atoms in total. The third-order valence-corrected chi connectivity index (χ3v) is 23.6. The van der Waals surface area contributed by atoms with Crippen molar-refractivity contribution >= 4 is 77.7 Å². The van der Waals surface area contributed by atoms with Crippen molar-refractivity contribution in [2.24, 2.45) is 0 Å². The van der Waals surface area contributed by atoms with E-state index in [1.807, 2.05) is 0 Å². The first kappa shape index (κ1) is 67.3. The van der Waals surface area contributed by atoms with E-state index in [-0.39, 0.29) is 10.8 Å². The number of hydrogen-bond donors (Lipinski definition) is 0. The zero-order valence-corrected chi connectivity index (χ0v) is 63.0. The van der Waals surface area contributed by atoms with E-state index in [1.165, 1.54) is 155 Å². The minimum atomic E-state index is -0.204. The molecule has 2 aliphatic rings. The minimum absolute atomic E-state index is 0.177. The summed E-state index contributed by atoms with van der Waals surface area (Å²) >= 11 is 0. The lowest BCUT2D eigenvalue weighted by atomic mass is 9.81.